The lowest BCUT2D eigenvalue weighted by Crippen LogP contribution is -2.30. The van der Waals surface area contributed by atoms with Crippen LogP contribution in [0, 0.1) is 5.41 Å². The SMILES string of the molecule is CC(C)(C)CC1=NC2CCC(O)CC2S1. The maximum atomic E-state index is 9.61. The molecule has 1 saturated carbocycles. The second-order valence-electron chi connectivity index (χ2n) is 5.95. The van der Waals surface area contributed by atoms with E-state index < -0.39 is 0 Å². The standard InChI is InChI=1S/C12H21NOS/c1-12(2,3)7-11-13-9-5-4-8(14)6-10(9)15-11/h8-10,14H,4-7H2,1-3H3. The van der Waals surface area contributed by atoms with Crippen molar-refractivity contribution in [3.05, 3.63) is 0 Å². The van der Waals surface area contributed by atoms with E-state index in [1.165, 1.54) is 5.04 Å². The van der Waals surface area contributed by atoms with Gasteiger partial charge in [-0.1, -0.05) is 20.8 Å². The van der Waals surface area contributed by atoms with Gasteiger partial charge >= 0.3 is 0 Å². The first-order valence-electron chi connectivity index (χ1n) is 5.85. The van der Waals surface area contributed by atoms with Crippen molar-refractivity contribution >= 4 is 16.8 Å². The minimum atomic E-state index is -0.0806. The highest BCUT2D eigenvalue weighted by Gasteiger charge is 2.36. The summed E-state index contributed by atoms with van der Waals surface area (Å²) in [5.41, 5.74) is 0.331. The van der Waals surface area contributed by atoms with Crippen molar-refractivity contribution in [2.75, 3.05) is 0 Å². The molecule has 0 aromatic carbocycles. The molecule has 15 heavy (non-hydrogen) atoms. The molecule has 3 unspecified atom stereocenters. The lowest BCUT2D eigenvalue weighted by Gasteiger charge is -2.26. The van der Waals surface area contributed by atoms with Gasteiger partial charge in [0.05, 0.1) is 17.2 Å². The maximum absolute atomic E-state index is 9.61. The second kappa shape index (κ2) is 4.10. The normalized spacial score (nSPS) is 36.3. The van der Waals surface area contributed by atoms with Gasteiger partial charge in [-0.25, -0.2) is 0 Å². The van der Waals surface area contributed by atoms with Gasteiger partial charge in [0.1, 0.15) is 0 Å². The molecule has 0 aromatic heterocycles. The molecule has 1 aliphatic heterocycles. The number of aliphatic hydroxyl groups is 1. The van der Waals surface area contributed by atoms with Crippen LogP contribution >= 0.6 is 11.8 Å². The molecule has 2 rings (SSSR count). The summed E-state index contributed by atoms with van der Waals surface area (Å²) < 4.78 is 0. The van der Waals surface area contributed by atoms with Gasteiger partial charge in [0.25, 0.3) is 0 Å². The molecule has 0 bridgehead atoms. The molecule has 1 fully saturated rings. The van der Waals surface area contributed by atoms with E-state index >= 15 is 0 Å². The van der Waals surface area contributed by atoms with Crippen molar-refractivity contribution in [3.8, 4) is 0 Å². The predicted molar refractivity (Wildman–Crippen MR) is 66.5 cm³/mol. The monoisotopic (exact) mass is 227 g/mol. The number of hydrogen-bond donors (Lipinski definition) is 1. The Bertz CT molecular complexity index is 269. The number of aliphatic hydroxyl groups excluding tert-OH is 1. The third kappa shape index (κ3) is 2.97. The van der Waals surface area contributed by atoms with Crippen molar-refractivity contribution in [3.63, 3.8) is 0 Å². The average Bonchev–Trinajstić information content (AvgIpc) is 2.42. The first-order valence-corrected chi connectivity index (χ1v) is 6.73. The van der Waals surface area contributed by atoms with Crippen LogP contribution in [0.25, 0.3) is 0 Å². The molecule has 0 saturated heterocycles. The molecule has 3 atom stereocenters. The van der Waals surface area contributed by atoms with Gasteiger partial charge in [0, 0.05) is 11.7 Å². The minimum Gasteiger partial charge on any atom is -0.393 e. The van der Waals surface area contributed by atoms with E-state index in [0.29, 0.717) is 16.7 Å². The zero-order valence-electron chi connectivity index (χ0n) is 9.86. The molecule has 86 valence electrons. The Morgan fingerprint density at radius 1 is 1.40 bits per heavy atom. The van der Waals surface area contributed by atoms with Gasteiger partial charge in [-0.05, 0) is 24.7 Å². The van der Waals surface area contributed by atoms with E-state index in [-0.39, 0.29) is 6.10 Å². The first kappa shape index (κ1) is 11.5. The number of hydrogen-bond acceptors (Lipinski definition) is 3. The van der Waals surface area contributed by atoms with Gasteiger partial charge in [-0.3, -0.25) is 4.99 Å². The quantitative estimate of drug-likeness (QED) is 0.747. The number of nitrogens with zero attached hydrogens (tertiary/aromatic N) is 1. The van der Waals surface area contributed by atoms with Crippen LogP contribution in [-0.2, 0) is 0 Å². The Balaban J connectivity index is 1.96. The Morgan fingerprint density at radius 3 is 2.80 bits per heavy atom. The van der Waals surface area contributed by atoms with Crippen LogP contribution in [0.15, 0.2) is 4.99 Å². The van der Waals surface area contributed by atoms with Crippen molar-refractivity contribution in [1.29, 1.82) is 0 Å². The summed E-state index contributed by atoms with van der Waals surface area (Å²) >= 11 is 1.92. The zero-order valence-corrected chi connectivity index (χ0v) is 10.7. The first-order chi connectivity index (χ1) is 6.94. The van der Waals surface area contributed by atoms with Crippen LogP contribution < -0.4 is 0 Å². The van der Waals surface area contributed by atoms with Crippen molar-refractivity contribution in [2.24, 2.45) is 10.4 Å². The molecule has 3 heteroatoms. The zero-order chi connectivity index (χ0) is 11.1. The van der Waals surface area contributed by atoms with Crippen LogP contribution in [0.4, 0.5) is 0 Å². The lowest BCUT2D eigenvalue weighted by molar-refractivity contribution is 0.127. The van der Waals surface area contributed by atoms with Crippen LogP contribution in [0.1, 0.15) is 46.5 Å². The van der Waals surface area contributed by atoms with Crippen LogP contribution in [0.3, 0.4) is 0 Å². The predicted octanol–water partition coefficient (Wildman–Crippen LogP) is 2.85. The molecule has 0 spiro atoms. The summed E-state index contributed by atoms with van der Waals surface area (Å²) in [4.78, 5) is 4.80. The number of rotatable bonds is 1. The summed E-state index contributed by atoms with van der Waals surface area (Å²) in [6, 6.07) is 0.496. The maximum Gasteiger partial charge on any atom is 0.0688 e. The van der Waals surface area contributed by atoms with E-state index in [1.807, 2.05) is 11.8 Å². The van der Waals surface area contributed by atoms with E-state index in [1.54, 1.807) is 0 Å². The largest absolute Gasteiger partial charge is 0.393 e. The summed E-state index contributed by atoms with van der Waals surface area (Å²) in [5, 5.41) is 11.5. The third-order valence-corrected chi connectivity index (χ3v) is 4.34. The highest BCUT2D eigenvalue weighted by Crippen LogP contribution is 2.40. The van der Waals surface area contributed by atoms with Crippen molar-refractivity contribution < 1.29 is 5.11 Å². The van der Waals surface area contributed by atoms with E-state index in [2.05, 4.69) is 20.8 Å². The van der Waals surface area contributed by atoms with Crippen molar-refractivity contribution in [2.45, 2.75) is 63.9 Å². The van der Waals surface area contributed by atoms with Gasteiger partial charge < -0.3 is 5.11 Å². The third-order valence-electron chi connectivity index (χ3n) is 3.01. The van der Waals surface area contributed by atoms with Crippen LogP contribution in [-0.4, -0.2) is 27.5 Å². The van der Waals surface area contributed by atoms with Crippen molar-refractivity contribution in [1.82, 2.24) is 0 Å². The van der Waals surface area contributed by atoms with E-state index in [0.717, 1.165) is 25.7 Å². The smallest absolute Gasteiger partial charge is 0.0688 e. The molecular weight excluding hydrogens is 206 g/mol. The molecular formula is C12H21NOS. The number of fused-ring (bicyclic) bond motifs is 1. The lowest BCUT2D eigenvalue weighted by atomic mass is 9.92. The van der Waals surface area contributed by atoms with Gasteiger partial charge in [0.15, 0.2) is 0 Å². The highest BCUT2D eigenvalue weighted by atomic mass is 32.2. The molecule has 2 aliphatic rings. The summed E-state index contributed by atoms with van der Waals surface area (Å²) in [6.45, 7) is 6.77. The summed E-state index contributed by atoms with van der Waals surface area (Å²) in [5.74, 6) is 0. The highest BCUT2D eigenvalue weighted by molar-refractivity contribution is 8.14. The Hall–Kier alpha value is -0.0200. The number of thioether (sulfide) groups is 1. The Morgan fingerprint density at radius 2 is 2.13 bits per heavy atom. The minimum absolute atomic E-state index is 0.0806. The van der Waals surface area contributed by atoms with Gasteiger partial charge in [-0.2, -0.15) is 0 Å². The molecule has 1 aliphatic carbocycles. The molecule has 1 heterocycles. The molecule has 0 aromatic rings. The fourth-order valence-corrected chi connectivity index (χ4v) is 4.03. The Labute approximate surface area is 96.6 Å². The fraction of sp³-hybridized carbons (Fsp3) is 0.917. The number of aliphatic imine (C=N–C) groups is 1. The summed E-state index contributed by atoms with van der Waals surface area (Å²) in [6.07, 6.45) is 3.95. The van der Waals surface area contributed by atoms with Crippen LogP contribution in [0.5, 0.6) is 0 Å². The van der Waals surface area contributed by atoms with Gasteiger partial charge in [0.2, 0.25) is 0 Å². The molecule has 1 N–H and O–H groups in total. The molecule has 0 radical (unpaired) electrons. The van der Waals surface area contributed by atoms with Crippen LogP contribution in [0.2, 0.25) is 0 Å². The topological polar surface area (TPSA) is 32.6 Å². The Kier molecular flexibility index (Phi) is 3.13. The van der Waals surface area contributed by atoms with E-state index in [4.69, 9.17) is 4.99 Å². The summed E-state index contributed by atoms with van der Waals surface area (Å²) in [7, 11) is 0. The fourth-order valence-electron chi connectivity index (χ4n) is 2.30. The molecule has 0 amide bonds. The van der Waals surface area contributed by atoms with E-state index in [9.17, 15) is 5.11 Å². The molecule has 2 nitrogen and oxygen atoms in total. The average molecular weight is 227 g/mol. The van der Waals surface area contributed by atoms with Gasteiger partial charge in [-0.15, -0.1) is 11.8 Å². The second-order valence-corrected chi connectivity index (χ2v) is 7.26.